The molecule has 152 valence electrons. The Bertz CT molecular complexity index is 1220. The summed E-state index contributed by atoms with van der Waals surface area (Å²) in [6, 6.07) is 5.70. The highest BCUT2D eigenvalue weighted by atomic mass is 19.1. The van der Waals surface area contributed by atoms with Crippen LogP contribution < -0.4 is 5.32 Å². The van der Waals surface area contributed by atoms with Gasteiger partial charge in [-0.25, -0.2) is 9.37 Å². The summed E-state index contributed by atoms with van der Waals surface area (Å²) in [5, 5.41) is 8.08. The number of hydrogen-bond acceptors (Lipinski definition) is 6. The number of hydrogen-bond donors (Lipinski definition) is 1. The van der Waals surface area contributed by atoms with E-state index in [0.29, 0.717) is 17.3 Å². The van der Waals surface area contributed by atoms with Crippen LogP contribution in [0.1, 0.15) is 43.0 Å². The predicted octanol–water partition coefficient (Wildman–Crippen LogP) is 3.81. The van der Waals surface area contributed by atoms with Crippen LogP contribution >= 0.6 is 0 Å². The first-order valence-electron chi connectivity index (χ1n) is 10.1. The van der Waals surface area contributed by atoms with Crippen molar-refractivity contribution in [3.63, 3.8) is 0 Å². The van der Waals surface area contributed by atoms with Gasteiger partial charge in [0.2, 0.25) is 5.95 Å². The van der Waals surface area contributed by atoms with Gasteiger partial charge in [-0.2, -0.15) is 14.6 Å². The number of anilines is 1. The molecule has 0 radical (unpaired) electrons. The molecule has 0 saturated carbocycles. The molecule has 1 N–H and O–H groups in total. The summed E-state index contributed by atoms with van der Waals surface area (Å²) in [5.41, 5.74) is 4.69. The standard InChI is InChI=1S/C22H22FN7/c1-13(2)18-12-26-30-21(18)28-20(15-8-16(23)11-24-10-15)29-22(30)27-17-5-6-19-14(9-17)4-3-7-25-19/h3-4,7-8,10-13,17H,5-6,9H2,1-2H3,(H,27,28,29). The minimum Gasteiger partial charge on any atom is -0.351 e. The van der Waals surface area contributed by atoms with Crippen LogP contribution in [-0.2, 0) is 12.8 Å². The van der Waals surface area contributed by atoms with Gasteiger partial charge in [-0.15, -0.1) is 0 Å². The average Bonchev–Trinajstić information content (AvgIpc) is 3.18. The van der Waals surface area contributed by atoms with Gasteiger partial charge in [0, 0.05) is 35.3 Å². The lowest BCUT2D eigenvalue weighted by Crippen LogP contribution is -2.29. The first kappa shape index (κ1) is 18.6. The van der Waals surface area contributed by atoms with Crippen molar-refractivity contribution in [2.24, 2.45) is 0 Å². The highest BCUT2D eigenvalue weighted by molar-refractivity contribution is 5.62. The summed E-state index contributed by atoms with van der Waals surface area (Å²) in [6.45, 7) is 4.20. The summed E-state index contributed by atoms with van der Waals surface area (Å²) < 4.78 is 15.5. The molecular weight excluding hydrogens is 381 g/mol. The molecule has 0 amide bonds. The van der Waals surface area contributed by atoms with Crippen molar-refractivity contribution in [1.82, 2.24) is 29.5 Å². The molecule has 0 saturated heterocycles. The van der Waals surface area contributed by atoms with Gasteiger partial charge in [0.05, 0.1) is 12.4 Å². The maximum absolute atomic E-state index is 13.8. The second-order valence-electron chi connectivity index (χ2n) is 7.95. The first-order chi connectivity index (χ1) is 14.6. The summed E-state index contributed by atoms with van der Waals surface area (Å²) in [6.07, 6.45) is 9.15. The number of pyridine rings is 2. The minimum atomic E-state index is -0.417. The topological polar surface area (TPSA) is 80.9 Å². The fraction of sp³-hybridized carbons (Fsp3) is 0.318. The van der Waals surface area contributed by atoms with E-state index in [1.807, 2.05) is 18.5 Å². The zero-order chi connectivity index (χ0) is 20.7. The lowest BCUT2D eigenvalue weighted by molar-refractivity contribution is 0.591. The lowest BCUT2D eigenvalue weighted by Gasteiger charge is -2.25. The molecule has 1 aliphatic rings. The largest absolute Gasteiger partial charge is 0.351 e. The van der Waals surface area contributed by atoms with Gasteiger partial charge in [0.1, 0.15) is 5.82 Å². The summed E-state index contributed by atoms with van der Waals surface area (Å²) in [4.78, 5) is 17.8. The molecule has 1 unspecified atom stereocenters. The Hall–Kier alpha value is -3.42. The van der Waals surface area contributed by atoms with Gasteiger partial charge in [-0.3, -0.25) is 9.97 Å². The van der Waals surface area contributed by atoms with Gasteiger partial charge < -0.3 is 5.32 Å². The van der Waals surface area contributed by atoms with E-state index in [2.05, 4.69) is 40.3 Å². The number of halogens is 1. The van der Waals surface area contributed by atoms with Gasteiger partial charge in [0.15, 0.2) is 11.5 Å². The Labute approximate surface area is 173 Å². The summed E-state index contributed by atoms with van der Waals surface area (Å²) >= 11 is 0. The Kier molecular flexibility index (Phi) is 4.61. The Morgan fingerprint density at radius 2 is 2.10 bits per heavy atom. The number of nitrogens with one attached hydrogen (secondary N) is 1. The number of aryl methyl sites for hydroxylation is 1. The first-order valence-corrected chi connectivity index (χ1v) is 10.1. The maximum atomic E-state index is 13.8. The lowest BCUT2D eigenvalue weighted by atomic mass is 9.92. The zero-order valence-electron chi connectivity index (χ0n) is 16.9. The van der Waals surface area contributed by atoms with Crippen molar-refractivity contribution in [3.8, 4) is 11.4 Å². The average molecular weight is 403 g/mol. The highest BCUT2D eigenvalue weighted by Crippen LogP contribution is 2.26. The van der Waals surface area contributed by atoms with Gasteiger partial charge in [0.25, 0.3) is 0 Å². The van der Waals surface area contributed by atoms with E-state index in [1.165, 1.54) is 17.8 Å². The third kappa shape index (κ3) is 3.38. The van der Waals surface area contributed by atoms with E-state index < -0.39 is 5.82 Å². The monoisotopic (exact) mass is 403 g/mol. The van der Waals surface area contributed by atoms with E-state index in [0.717, 1.165) is 36.2 Å². The number of fused-ring (bicyclic) bond motifs is 2. The van der Waals surface area contributed by atoms with Crippen LogP contribution in [-0.4, -0.2) is 35.6 Å². The minimum absolute atomic E-state index is 0.199. The van der Waals surface area contributed by atoms with Gasteiger partial charge in [-0.05, 0) is 42.9 Å². The van der Waals surface area contributed by atoms with E-state index >= 15 is 0 Å². The quantitative estimate of drug-likeness (QED) is 0.558. The smallest absolute Gasteiger partial charge is 0.228 e. The van der Waals surface area contributed by atoms with Crippen LogP contribution in [0.5, 0.6) is 0 Å². The zero-order valence-corrected chi connectivity index (χ0v) is 16.9. The molecule has 4 aromatic rings. The fourth-order valence-electron chi connectivity index (χ4n) is 3.92. The van der Waals surface area contributed by atoms with E-state index in [9.17, 15) is 4.39 Å². The van der Waals surface area contributed by atoms with Crippen LogP contribution in [0, 0.1) is 5.82 Å². The molecule has 0 fully saturated rings. The van der Waals surface area contributed by atoms with Crippen molar-refractivity contribution in [3.05, 3.63) is 65.6 Å². The van der Waals surface area contributed by atoms with E-state index in [1.54, 1.807) is 10.7 Å². The van der Waals surface area contributed by atoms with Crippen LogP contribution in [0.25, 0.3) is 17.0 Å². The van der Waals surface area contributed by atoms with Crippen molar-refractivity contribution in [2.75, 3.05) is 5.32 Å². The third-order valence-corrected chi connectivity index (χ3v) is 5.49. The molecule has 4 aromatic heterocycles. The molecule has 30 heavy (non-hydrogen) atoms. The third-order valence-electron chi connectivity index (χ3n) is 5.49. The van der Waals surface area contributed by atoms with Crippen LogP contribution in [0.3, 0.4) is 0 Å². The molecule has 0 bridgehead atoms. The van der Waals surface area contributed by atoms with E-state index in [4.69, 9.17) is 9.97 Å². The molecule has 0 spiro atoms. The molecule has 7 nitrogen and oxygen atoms in total. The van der Waals surface area contributed by atoms with Crippen molar-refractivity contribution >= 4 is 11.6 Å². The fourth-order valence-corrected chi connectivity index (χ4v) is 3.92. The summed E-state index contributed by atoms with van der Waals surface area (Å²) in [5.74, 6) is 0.858. The van der Waals surface area contributed by atoms with Crippen molar-refractivity contribution in [2.45, 2.75) is 45.1 Å². The maximum Gasteiger partial charge on any atom is 0.228 e. The summed E-state index contributed by atoms with van der Waals surface area (Å²) in [7, 11) is 0. The Morgan fingerprint density at radius 1 is 1.20 bits per heavy atom. The molecule has 0 aromatic carbocycles. The molecule has 1 atom stereocenters. The number of aromatic nitrogens is 6. The second kappa shape index (κ2) is 7.44. The highest BCUT2D eigenvalue weighted by Gasteiger charge is 2.22. The number of rotatable bonds is 4. The van der Waals surface area contributed by atoms with Crippen molar-refractivity contribution < 1.29 is 4.39 Å². The Morgan fingerprint density at radius 3 is 2.93 bits per heavy atom. The number of nitrogens with zero attached hydrogens (tertiary/aromatic N) is 6. The van der Waals surface area contributed by atoms with Gasteiger partial charge in [-0.1, -0.05) is 19.9 Å². The molecular formula is C22H22FN7. The molecule has 0 aliphatic heterocycles. The second-order valence-corrected chi connectivity index (χ2v) is 7.95. The van der Waals surface area contributed by atoms with Crippen LogP contribution in [0.15, 0.2) is 43.0 Å². The Balaban J connectivity index is 1.57. The van der Waals surface area contributed by atoms with Crippen molar-refractivity contribution in [1.29, 1.82) is 0 Å². The molecule has 8 heteroatoms. The molecule has 4 heterocycles. The SMILES string of the molecule is CC(C)c1cnn2c(NC3CCc4ncccc4C3)nc(-c3cncc(F)c3)nc12. The molecule has 5 rings (SSSR count). The van der Waals surface area contributed by atoms with Crippen LogP contribution in [0.2, 0.25) is 0 Å². The predicted molar refractivity (Wildman–Crippen MR) is 112 cm³/mol. The molecule has 1 aliphatic carbocycles. The normalized spacial score (nSPS) is 16.1. The van der Waals surface area contributed by atoms with E-state index in [-0.39, 0.29) is 12.0 Å². The van der Waals surface area contributed by atoms with Gasteiger partial charge >= 0.3 is 0 Å². The van der Waals surface area contributed by atoms with Crippen LogP contribution in [0.4, 0.5) is 10.3 Å².